The Labute approximate surface area is 253 Å². The molecule has 0 bridgehead atoms. The minimum Gasteiger partial charge on any atom is -0.398 e. The van der Waals surface area contributed by atoms with Crippen LogP contribution in [0.3, 0.4) is 0 Å². The van der Waals surface area contributed by atoms with E-state index in [1.807, 2.05) is 54.6 Å². The number of nitrogens with one attached hydrogen (secondary N) is 1. The van der Waals surface area contributed by atoms with Crippen LogP contribution in [0.25, 0.3) is 38.7 Å². The maximum atomic E-state index is 8.60. The second-order valence-electron chi connectivity index (χ2n) is 11.0. The van der Waals surface area contributed by atoms with Crippen molar-refractivity contribution in [1.29, 1.82) is 5.41 Å². The fourth-order valence-electron chi connectivity index (χ4n) is 6.05. The maximum absolute atomic E-state index is 8.60. The average Bonchev–Trinajstić information content (AvgIpc) is 3.05. The van der Waals surface area contributed by atoms with Gasteiger partial charge in [-0.1, -0.05) is 133 Å². The smallest absolute Gasteiger partial charge is 0.0632 e. The fraction of sp³-hybridized carbons (Fsp3) is 0.0750. The number of hydrogen-bond acceptors (Lipinski definition) is 3. The minimum atomic E-state index is -0.257. The van der Waals surface area contributed by atoms with Gasteiger partial charge in [-0.2, -0.15) is 0 Å². The summed E-state index contributed by atoms with van der Waals surface area (Å²) in [5.74, 6) is 0. The van der Waals surface area contributed by atoms with Gasteiger partial charge >= 0.3 is 0 Å². The number of allylic oxidation sites excluding steroid dienone is 1. The Morgan fingerprint density at radius 3 is 1.95 bits per heavy atom. The third kappa shape index (κ3) is 5.39. The van der Waals surface area contributed by atoms with Crippen LogP contribution < -0.4 is 11.5 Å². The monoisotopic (exact) mass is 557 g/mol. The van der Waals surface area contributed by atoms with E-state index < -0.39 is 0 Å². The number of rotatable bonds is 7. The number of aryl methyl sites for hydroxylation is 1. The van der Waals surface area contributed by atoms with E-state index in [-0.39, 0.29) is 6.04 Å². The van der Waals surface area contributed by atoms with Crippen LogP contribution >= 0.6 is 0 Å². The lowest BCUT2D eigenvalue weighted by Gasteiger charge is -2.23. The zero-order valence-electron chi connectivity index (χ0n) is 24.5. The molecule has 0 radical (unpaired) electrons. The van der Waals surface area contributed by atoms with Crippen LogP contribution in [-0.2, 0) is 0 Å². The number of fused-ring (bicyclic) bond motifs is 1. The first-order chi connectivity index (χ1) is 20.9. The predicted molar refractivity (Wildman–Crippen MR) is 182 cm³/mol. The molecular weight excluding hydrogens is 522 g/mol. The van der Waals surface area contributed by atoms with Crippen molar-refractivity contribution in [2.45, 2.75) is 19.9 Å². The topological polar surface area (TPSA) is 75.9 Å². The van der Waals surface area contributed by atoms with E-state index in [2.05, 4.69) is 92.7 Å². The van der Waals surface area contributed by atoms with Crippen LogP contribution in [0.5, 0.6) is 0 Å². The van der Waals surface area contributed by atoms with Gasteiger partial charge in [-0.05, 0) is 80.8 Å². The molecule has 0 fully saturated rings. The first kappa shape index (κ1) is 27.9. The quantitative estimate of drug-likeness (QED) is 0.171. The zero-order valence-corrected chi connectivity index (χ0v) is 24.5. The van der Waals surface area contributed by atoms with Crippen molar-refractivity contribution in [2.75, 3.05) is 0 Å². The molecule has 0 saturated carbocycles. The summed E-state index contributed by atoms with van der Waals surface area (Å²) in [5.41, 5.74) is 25.6. The van der Waals surface area contributed by atoms with Gasteiger partial charge in [0.2, 0.25) is 0 Å². The molecule has 5 N–H and O–H groups in total. The molecule has 1 unspecified atom stereocenters. The van der Waals surface area contributed by atoms with Crippen molar-refractivity contribution < 1.29 is 0 Å². The molecule has 0 aliphatic carbocycles. The summed E-state index contributed by atoms with van der Waals surface area (Å²) in [5, 5.41) is 10.8. The van der Waals surface area contributed by atoms with E-state index >= 15 is 0 Å². The minimum absolute atomic E-state index is 0.257. The van der Waals surface area contributed by atoms with Gasteiger partial charge in [0.25, 0.3) is 0 Å². The van der Waals surface area contributed by atoms with E-state index in [4.69, 9.17) is 16.9 Å². The zero-order chi connectivity index (χ0) is 29.9. The van der Waals surface area contributed by atoms with Crippen LogP contribution in [0.1, 0.15) is 39.4 Å². The molecule has 3 heteroatoms. The lowest BCUT2D eigenvalue weighted by Crippen LogP contribution is -2.14. The second-order valence-corrected chi connectivity index (χ2v) is 11.0. The molecule has 0 aliphatic heterocycles. The van der Waals surface area contributed by atoms with Gasteiger partial charge in [-0.3, -0.25) is 0 Å². The van der Waals surface area contributed by atoms with E-state index in [0.29, 0.717) is 11.4 Å². The van der Waals surface area contributed by atoms with E-state index in [1.165, 1.54) is 22.3 Å². The molecule has 0 heterocycles. The summed E-state index contributed by atoms with van der Waals surface area (Å²) < 4.78 is 0. The maximum Gasteiger partial charge on any atom is 0.0632 e. The van der Waals surface area contributed by atoms with Crippen molar-refractivity contribution >= 4 is 22.2 Å². The molecule has 210 valence electrons. The molecule has 1 atom stereocenters. The van der Waals surface area contributed by atoms with Gasteiger partial charge in [0.15, 0.2) is 0 Å². The SMILES string of the molecule is Cc1ccccc1-c1c(C(N)c2ccccc2)ccc(-c2ccc(/C(N)=C/C(=N)c3ccccc3)c3ccccc23)c1C. The molecular formula is C40H35N3. The Kier molecular flexibility index (Phi) is 7.74. The Hall–Kier alpha value is -5.25. The highest BCUT2D eigenvalue weighted by Crippen LogP contribution is 2.42. The van der Waals surface area contributed by atoms with Gasteiger partial charge in [-0.15, -0.1) is 0 Å². The van der Waals surface area contributed by atoms with Crippen LogP contribution in [0.15, 0.2) is 140 Å². The van der Waals surface area contributed by atoms with Crippen LogP contribution in [0.4, 0.5) is 0 Å². The highest BCUT2D eigenvalue weighted by atomic mass is 14.6. The van der Waals surface area contributed by atoms with Crippen molar-refractivity contribution in [3.63, 3.8) is 0 Å². The van der Waals surface area contributed by atoms with E-state index in [1.54, 1.807) is 6.08 Å². The molecule has 3 nitrogen and oxygen atoms in total. The van der Waals surface area contributed by atoms with E-state index in [0.717, 1.165) is 44.2 Å². The normalized spacial score (nSPS) is 12.3. The lowest BCUT2D eigenvalue weighted by molar-refractivity contribution is 0.872. The Balaban J connectivity index is 1.52. The third-order valence-electron chi connectivity index (χ3n) is 8.32. The van der Waals surface area contributed by atoms with Crippen molar-refractivity contribution in [1.82, 2.24) is 0 Å². The first-order valence-corrected chi connectivity index (χ1v) is 14.6. The van der Waals surface area contributed by atoms with E-state index in [9.17, 15) is 0 Å². The van der Waals surface area contributed by atoms with Gasteiger partial charge < -0.3 is 16.9 Å². The van der Waals surface area contributed by atoms with Crippen molar-refractivity contribution in [3.05, 3.63) is 173 Å². The van der Waals surface area contributed by atoms with Gasteiger partial charge in [-0.25, -0.2) is 0 Å². The second kappa shape index (κ2) is 11.9. The molecule has 0 aliphatic rings. The van der Waals surface area contributed by atoms with Gasteiger partial charge in [0.05, 0.1) is 11.8 Å². The summed E-state index contributed by atoms with van der Waals surface area (Å²) >= 11 is 0. The van der Waals surface area contributed by atoms with Crippen molar-refractivity contribution in [2.24, 2.45) is 11.5 Å². The standard InChI is InChI=1S/C40H35N3/c1-26-13-9-10-18-30(26)39-27(2)31(21-24-36(39)40(43)29-16-7-4-8-17-29)34-22-23-35(33-20-12-11-19-32(33)34)38(42)25-37(41)28-14-5-3-6-15-28/h3-25,40-41H,42-43H2,1-2H3/b38-25-,41-37?. The number of hydrogen-bond donors (Lipinski definition) is 3. The first-order valence-electron chi connectivity index (χ1n) is 14.6. The Bertz CT molecular complexity index is 1970. The summed E-state index contributed by atoms with van der Waals surface area (Å²) in [6.07, 6.45) is 1.75. The fourth-order valence-corrected chi connectivity index (χ4v) is 6.05. The Morgan fingerprint density at radius 1 is 0.628 bits per heavy atom. The van der Waals surface area contributed by atoms with Gasteiger partial charge in [0.1, 0.15) is 0 Å². The predicted octanol–water partition coefficient (Wildman–Crippen LogP) is 9.21. The summed E-state index contributed by atoms with van der Waals surface area (Å²) in [7, 11) is 0. The molecule has 0 amide bonds. The van der Waals surface area contributed by atoms with Gasteiger partial charge in [0, 0.05) is 11.3 Å². The molecule has 43 heavy (non-hydrogen) atoms. The molecule has 0 spiro atoms. The molecule has 0 saturated heterocycles. The highest BCUT2D eigenvalue weighted by Gasteiger charge is 2.21. The molecule has 6 aromatic carbocycles. The lowest BCUT2D eigenvalue weighted by atomic mass is 9.82. The third-order valence-corrected chi connectivity index (χ3v) is 8.32. The van der Waals surface area contributed by atoms with Crippen molar-refractivity contribution in [3.8, 4) is 22.3 Å². The summed E-state index contributed by atoms with van der Waals surface area (Å²) in [4.78, 5) is 0. The number of benzene rings is 6. The van der Waals surface area contributed by atoms with Crippen LogP contribution in [0.2, 0.25) is 0 Å². The number of nitrogens with two attached hydrogens (primary N) is 2. The van der Waals surface area contributed by atoms with Crippen LogP contribution in [0, 0.1) is 19.3 Å². The molecule has 0 aromatic heterocycles. The summed E-state index contributed by atoms with van der Waals surface area (Å²) in [6, 6.07) is 45.2. The molecule has 6 aromatic rings. The average molecular weight is 558 g/mol. The largest absolute Gasteiger partial charge is 0.398 e. The molecule has 6 rings (SSSR count). The summed E-state index contributed by atoms with van der Waals surface area (Å²) in [6.45, 7) is 4.36. The Morgan fingerprint density at radius 2 is 1.23 bits per heavy atom. The highest BCUT2D eigenvalue weighted by molar-refractivity contribution is 6.12. The van der Waals surface area contributed by atoms with Crippen LogP contribution in [-0.4, -0.2) is 5.71 Å².